The first kappa shape index (κ1) is 31.6. The summed E-state index contributed by atoms with van der Waals surface area (Å²) in [6, 6.07) is 56.3. The van der Waals surface area contributed by atoms with Crippen LogP contribution >= 0.6 is 0 Å². The van der Waals surface area contributed by atoms with Crippen LogP contribution in [0.15, 0.2) is 162 Å². The lowest BCUT2D eigenvalue weighted by molar-refractivity contribution is 0.660. The van der Waals surface area contributed by atoms with E-state index in [0.717, 1.165) is 60.9 Å². The smallest absolute Gasteiger partial charge is 0.164 e. The van der Waals surface area contributed by atoms with Crippen molar-refractivity contribution >= 4 is 21.9 Å². The summed E-state index contributed by atoms with van der Waals surface area (Å²) in [6.45, 7) is 4.51. The number of aromatic nitrogens is 3. The second kappa shape index (κ2) is 12.2. The van der Waals surface area contributed by atoms with Crippen LogP contribution in [0, 0.1) is 11.3 Å². The van der Waals surface area contributed by atoms with Gasteiger partial charge in [-0.1, -0.05) is 141 Å². The van der Waals surface area contributed by atoms with Crippen molar-refractivity contribution in [3.8, 4) is 73.6 Å². The molecule has 1 aliphatic carbocycles. The maximum atomic E-state index is 9.67. The molecule has 0 saturated heterocycles. The van der Waals surface area contributed by atoms with E-state index in [1.807, 2.05) is 84.9 Å². The zero-order valence-electron chi connectivity index (χ0n) is 29.7. The Morgan fingerprint density at radius 1 is 0.481 bits per heavy atom. The molecule has 54 heavy (non-hydrogen) atoms. The Hall–Kier alpha value is -7.16. The van der Waals surface area contributed by atoms with Gasteiger partial charge in [-0.05, 0) is 69.3 Å². The number of para-hydroxylation sites is 1. The van der Waals surface area contributed by atoms with Gasteiger partial charge < -0.3 is 4.42 Å². The molecule has 0 N–H and O–H groups in total. The predicted molar refractivity (Wildman–Crippen MR) is 217 cm³/mol. The second-order valence-electron chi connectivity index (χ2n) is 14.3. The van der Waals surface area contributed by atoms with Crippen LogP contribution in [0.2, 0.25) is 0 Å². The predicted octanol–water partition coefficient (Wildman–Crippen LogP) is 12.3. The fourth-order valence-electron chi connectivity index (χ4n) is 8.06. The molecule has 1 aliphatic rings. The summed E-state index contributed by atoms with van der Waals surface area (Å²) in [5, 5.41) is 11.8. The fraction of sp³-hybridized carbons (Fsp3) is 0.0612. The molecule has 0 saturated carbocycles. The van der Waals surface area contributed by atoms with Gasteiger partial charge in [0.05, 0.1) is 11.6 Å². The van der Waals surface area contributed by atoms with E-state index in [2.05, 4.69) is 92.7 Å². The Bertz CT molecular complexity index is 2900. The molecule has 10 rings (SSSR count). The van der Waals surface area contributed by atoms with Gasteiger partial charge in [0.1, 0.15) is 11.2 Å². The molecule has 2 heterocycles. The number of furan rings is 1. The first-order chi connectivity index (χ1) is 26.5. The molecule has 0 atom stereocenters. The number of hydrogen-bond acceptors (Lipinski definition) is 5. The molecule has 9 aromatic rings. The van der Waals surface area contributed by atoms with E-state index in [0.29, 0.717) is 23.0 Å². The van der Waals surface area contributed by atoms with E-state index >= 15 is 0 Å². The topological polar surface area (TPSA) is 75.6 Å². The maximum Gasteiger partial charge on any atom is 0.164 e. The van der Waals surface area contributed by atoms with Crippen molar-refractivity contribution in [2.24, 2.45) is 0 Å². The minimum absolute atomic E-state index is 0.260. The Kier molecular flexibility index (Phi) is 7.14. The highest BCUT2D eigenvalue weighted by molar-refractivity contribution is 6.16. The second-order valence-corrected chi connectivity index (χ2v) is 14.3. The summed E-state index contributed by atoms with van der Waals surface area (Å²) < 4.78 is 6.43. The number of benzene rings is 7. The van der Waals surface area contributed by atoms with Crippen LogP contribution in [0.25, 0.3) is 89.5 Å². The summed E-state index contributed by atoms with van der Waals surface area (Å²) in [7, 11) is 0. The first-order valence-corrected chi connectivity index (χ1v) is 18.1. The summed E-state index contributed by atoms with van der Waals surface area (Å²) in [5.41, 5.74) is 14.1. The van der Waals surface area contributed by atoms with Gasteiger partial charge in [0.15, 0.2) is 17.5 Å². The zero-order chi connectivity index (χ0) is 36.4. The molecule has 0 radical (unpaired) electrons. The van der Waals surface area contributed by atoms with E-state index < -0.39 is 0 Å². The van der Waals surface area contributed by atoms with Gasteiger partial charge in [0.25, 0.3) is 0 Å². The molecule has 0 spiro atoms. The minimum atomic E-state index is -0.260. The third kappa shape index (κ3) is 5.03. The number of rotatable bonds is 5. The van der Waals surface area contributed by atoms with Crippen molar-refractivity contribution in [1.82, 2.24) is 15.0 Å². The number of hydrogen-bond donors (Lipinski definition) is 0. The molecule has 254 valence electrons. The molecule has 7 aromatic carbocycles. The standard InChI is InChI=1S/C49H32N4O/c1-49(2)40-27-30(29-50)17-23-37(40)38-24-22-35(28-41(38)49)36-25-26-43-45(39-15-9-10-16-42(39)54-43)44(36)31-18-20-34(21-19-31)48-52-46(32-11-5-3-6-12-32)51-47(53-48)33-13-7-4-8-14-33/h3-28H,1-2H3. The molecule has 2 aromatic heterocycles. The third-order valence-corrected chi connectivity index (χ3v) is 10.8. The van der Waals surface area contributed by atoms with Crippen LogP contribution in [0.4, 0.5) is 0 Å². The summed E-state index contributed by atoms with van der Waals surface area (Å²) in [5.74, 6) is 1.87. The van der Waals surface area contributed by atoms with Gasteiger partial charge in [-0.25, -0.2) is 15.0 Å². The zero-order valence-corrected chi connectivity index (χ0v) is 29.7. The van der Waals surface area contributed by atoms with Gasteiger partial charge >= 0.3 is 0 Å². The van der Waals surface area contributed by atoms with E-state index in [4.69, 9.17) is 19.4 Å². The molecular formula is C49H32N4O. The minimum Gasteiger partial charge on any atom is -0.456 e. The lowest BCUT2D eigenvalue weighted by atomic mass is 9.80. The molecule has 0 fully saturated rings. The molecule has 0 bridgehead atoms. The third-order valence-electron chi connectivity index (χ3n) is 10.8. The van der Waals surface area contributed by atoms with E-state index in [1.54, 1.807) is 0 Å². The van der Waals surface area contributed by atoms with Gasteiger partial charge in [-0.15, -0.1) is 0 Å². The van der Waals surface area contributed by atoms with E-state index in [-0.39, 0.29) is 5.41 Å². The monoisotopic (exact) mass is 692 g/mol. The van der Waals surface area contributed by atoms with E-state index in [9.17, 15) is 5.26 Å². The quantitative estimate of drug-likeness (QED) is 0.179. The number of nitrogens with zero attached hydrogens (tertiary/aromatic N) is 4. The van der Waals surface area contributed by atoms with Crippen LogP contribution in [0.3, 0.4) is 0 Å². The molecule has 0 unspecified atom stereocenters. The lowest BCUT2D eigenvalue weighted by Gasteiger charge is -2.22. The summed E-state index contributed by atoms with van der Waals surface area (Å²) in [6.07, 6.45) is 0. The van der Waals surface area contributed by atoms with Gasteiger partial charge in [-0.2, -0.15) is 5.26 Å². The average Bonchev–Trinajstić information content (AvgIpc) is 3.72. The van der Waals surface area contributed by atoms with Crippen molar-refractivity contribution in [2.75, 3.05) is 0 Å². The van der Waals surface area contributed by atoms with Crippen molar-refractivity contribution in [3.05, 3.63) is 174 Å². The van der Waals surface area contributed by atoms with Crippen molar-refractivity contribution in [2.45, 2.75) is 19.3 Å². The highest BCUT2D eigenvalue weighted by atomic mass is 16.3. The largest absolute Gasteiger partial charge is 0.456 e. The van der Waals surface area contributed by atoms with Gasteiger partial charge in [0, 0.05) is 38.4 Å². The molecule has 5 heteroatoms. The fourth-order valence-corrected chi connectivity index (χ4v) is 8.06. The van der Waals surface area contributed by atoms with Gasteiger partial charge in [0.2, 0.25) is 0 Å². The SMILES string of the molecule is CC1(C)c2cc(C#N)ccc2-c2ccc(-c3ccc4oc5ccccc5c4c3-c3ccc(-c4nc(-c5ccccc5)nc(-c5ccccc5)n4)cc3)cc21. The molecular weight excluding hydrogens is 661 g/mol. The maximum absolute atomic E-state index is 9.67. The van der Waals surface area contributed by atoms with Crippen molar-refractivity contribution < 1.29 is 4.42 Å². The Morgan fingerprint density at radius 3 is 1.65 bits per heavy atom. The van der Waals surface area contributed by atoms with Crippen LogP contribution in [-0.2, 0) is 5.41 Å². The lowest BCUT2D eigenvalue weighted by Crippen LogP contribution is -2.15. The molecule has 0 aliphatic heterocycles. The molecule has 5 nitrogen and oxygen atoms in total. The Balaban J connectivity index is 1.14. The number of fused-ring (bicyclic) bond motifs is 6. The summed E-state index contributed by atoms with van der Waals surface area (Å²) >= 11 is 0. The highest BCUT2D eigenvalue weighted by Gasteiger charge is 2.36. The number of nitriles is 1. The molecule has 0 amide bonds. The van der Waals surface area contributed by atoms with Crippen LogP contribution in [0.5, 0.6) is 0 Å². The van der Waals surface area contributed by atoms with E-state index in [1.165, 1.54) is 22.3 Å². The van der Waals surface area contributed by atoms with Crippen LogP contribution in [0.1, 0.15) is 30.5 Å². The Morgan fingerprint density at radius 2 is 1.00 bits per heavy atom. The average molecular weight is 693 g/mol. The first-order valence-electron chi connectivity index (χ1n) is 18.1. The summed E-state index contributed by atoms with van der Waals surface area (Å²) in [4.78, 5) is 14.8. The Labute approximate surface area is 312 Å². The van der Waals surface area contributed by atoms with Crippen LogP contribution < -0.4 is 0 Å². The van der Waals surface area contributed by atoms with Crippen molar-refractivity contribution in [3.63, 3.8) is 0 Å². The highest BCUT2D eigenvalue weighted by Crippen LogP contribution is 2.51. The van der Waals surface area contributed by atoms with Gasteiger partial charge in [-0.3, -0.25) is 0 Å². The van der Waals surface area contributed by atoms with Crippen molar-refractivity contribution in [1.29, 1.82) is 5.26 Å². The van der Waals surface area contributed by atoms with Crippen LogP contribution in [-0.4, -0.2) is 15.0 Å². The normalized spacial score (nSPS) is 12.8.